The van der Waals surface area contributed by atoms with Gasteiger partial charge >= 0.3 is 0 Å². The summed E-state index contributed by atoms with van der Waals surface area (Å²) in [7, 11) is 0. The van der Waals surface area contributed by atoms with Gasteiger partial charge in [-0.1, -0.05) is 30.3 Å². The van der Waals surface area contributed by atoms with Crippen molar-refractivity contribution in [1.29, 1.82) is 0 Å². The minimum atomic E-state index is -0.0393. The average Bonchev–Trinajstić information content (AvgIpc) is 3.39. The third kappa shape index (κ3) is 4.51. The summed E-state index contributed by atoms with van der Waals surface area (Å²) in [5, 5.41) is 6.50. The van der Waals surface area contributed by atoms with Gasteiger partial charge in [-0.05, 0) is 56.4 Å². The fourth-order valence-electron chi connectivity index (χ4n) is 2.73. The first-order chi connectivity index (χ1) is 11.6. The van der Waals surface area contributed by atoms with E-state index in [-0.39, 0.29) is 11.9 Å². The molecule has 0 unspecified atom stereocenters. The molecule has 4 heteroatoms. The van der Waals surface area contributed by atoms with Gasteiger partial charge in [0.05, 0.1) is 5.56 Å². The molecule has 2 aromatic rings. The third-order valence-electron chi connectivity index (χ3n) is 4.31. The van der Waals surface area contributed by atoms with E-state index in [0.29, 0.717) is 17.3 Å². The van der Waals surface area contributed by atoms with Crippen molar-refractivity contribution in [2.24, 2.45) is 0 Å². The number of nitrogens with two attached hydrogens (primary N) is 1. The summed E-state index contributed by atoms with van der Waals surface area (Å²) >= 11 is 0. The van der Waals surface area contributed by atoms with Crippen molar-refractivity contribution < 1.29 is 4.79 Å². The van der Waals surface area contributed by atoms with E-state index in [1.54, 1.807) is 6.07 Å². The van der Waals surface area contributed by atoms with Crippen molar-refractivity contribution in [3.63, 3.8) is 0 Å². The second-order valence-corrected chi connectivity index (χ2v) is 6.62. The van der Waals surface area contributed by atoms with Crippen LogP contribution < -0.4 is 16.4 Å². The molecule has 4 N–H and O–H groups in total. The number of hydrogen-bond acceptors (Lipinski definition) is 3. The molecular formula is C20H25N3O. The third-order valence-corrected chi connectivity index (χ3v) is 4.31. The molecule has 0 bridgehead atoms. The lowest BCUT2D eigenvalue weighted by Crippen LogP contribution is -2.27. The topological polar surface area (TPSA) is 67.1 Å². The molecule has 1 atom stereocenters. The molecule has 0 saturated heterocycles. The standard InChI is InChI=1S/C20H25N3O/c1-14(7-8-15-5-3-2-4-6-15)22-19-12-9-16(21)13-18(19)20(24)23-17-10-11-17/h2-6,9,12-14,17,22H,7-8,10-11,21H2,1H3,(H,23,24)/t14-/m1/s1. The number of benzene rings is 2. The second-order valence-electron chi connectivity index (χ2n) is 6.62. The number of carbonyl (C=O) groups excluding carboxylic acids is 1. The zero-order valence-corrected chi connectivity index (χ0v) is 14.1. The highest BCUT2D eigenvalue weighted by Gasteiger charge is 2.25. The van der Waals surface area contributed by atoms with Gasteiger partial charge in [0.1, 0.15) is 0 Å². The van der Waals surface area contributed by atoms with Crippen molar-refractivity contribution in [3.05, 3.63) is 59.7 Å². The molecule has 0 spiro atoms. The van der Waals surface area contributed by atoms with Crippen LogP contribution in [-0.2, 0) is 6.42 Å². The molecular weight excluding hydrogens is 298 g/mol. The van der Waals surface area contributed by atoms with E-state index < -0.39 is 0 Å². The van der Waals surface area contributed by atoms with Crippen LogP contribution in [0.15, 0.2) is 48.5 Å². The fourth-order valence-corrected chi connectivity index (χ4v) is 2.73. The van der Waals surface area contributed by atoms with Gasteiger partial charge in [-0.25, -0.2) is 0 Å². The Kier molecular flexibility index (Phi) is 5.04. The molecule has 0 aromatic heterocycles. The van der Waals surface area contributed by atoms with Crippen LogP contribution in [0.3, 0.4) is 0 Å². The van der Waals surface area contributed by atoms with Crippen LogP contribution in [0.4, 0.5) is 11.4 Å². The summed E-state index contributed by atoms with van der Waals surface area (Å²) < 4.78 is 0. The van der Waals surface area contributed by atoms with E-state index >= 15 is 0 Å². The summed E-state index contributed by atoms with van der Waals surface area (Å²) in [5.41, 5.74) is 9.29. The maximum atomic E-state index is 12.4. The predicted molar refractivity (Wildman–Crippen MR) is 99.2 cm³/mol. The largest absolute Gasteiger partial charge is 0.399 e. The van der Waals surface area contributed by atoms with Crippen molar-refractivity contribution in [1.82, 2.24) is 5.32 Å². The van der Waals surface area contributed by atoms with E-state index in [9.17, 15) is 4.79 Å². The van der Waals surface area contributed by atoms with Crippen molar-refractivity contribution in [2.75, 3.05) is 11.1 Å². The van der Waals surface area contributed by atoms with Gasteiger partial charge in [-0.2, -0.15) is 0 Å². The molecule has 126 valence electrons. The first kappa shape index (κ1) is 16.4. The van der Waals surface area contributed by atoms with Crippen LogP contribution in [0.25, 0.3) is 0 Å². The zero-order valence-electron chi connectivity index (χ0n) is 14.1. The van der Waals surface area contributed by atoms with Gasteiger partial charge in [0.2, 0.25) is 0 Å². The number of nitrogens with one attached hydrogen (secondary N) is 2. The molecule has 1 amide bonds. The van der Waals surface area contributed by atoms with E-state index in [0.717, 1.165) is 31.4 Å². The summed E-state index contributed by atoms with van der Waals surface area (Å²) in [5.74, 6) is -0.0393. The van der Waals surface area contributed by atoms with Crippen LogP contribution in [0.5, 0.6) is 0 Å². The van der Waals surface area contributed by atoms with Crippen LogP contribution in [0, 0.1) is 0 Å². The van der Waals surface area contributed by atoms with Gasteiger partial charge < -0.3 is 16.4 Å². The van der Waals surface area contributed by atoms with Crippen LogP contribution >= 0.6 is 0 Å². The molecule has 2 aromatic carbocycles. The lowest BCUT2D eigenvalue weighted by atomic mass is 10.0. The van der Waals surface area contributed by atoms with Gasteiger partial charge in [0, 0.05) is 23.5 Å². The highest BCUT2D eigenvalue weighted by Crippen LogP contribution is 2.24. The quantitative estimate of drug-likeness (QED) is 0.682. The summed E-state index contributed by atoms with van der Waals surface area (Å²) in [6.07, 6.45) is 4.15. The summed E-state index contributed by atoms with van der Waals surface area (Å²) in [6.45, 7) is 2.14. The van der Waals surface area contributed by atoms with Gasteiger partial charge in [-0.15, -0.1) is 0 Å². The fraction of sp³-hybridized carbons (Fsp3) is 0.350. The molecule has 0 radical (unpaired) electrons. The first-order valence-corrected chi connectivity index (χ1v) is 8.62. The molecule has 3 rings (SSSR count). The monoisotopic (exact) mass is 323 g/mol. The smallest absolute Gasteiger partial charge is 0.253 e. The van der Waals surface area contributed by atoms with Gasteiger partial charge in [-0.3, -0.25) is 4.79 Å². The molecule has 4 nitrogen and oxygen atoms in total. The summed E-state index contributed by atoms with van der Waals surface area (Å²) in [4.78, 5) is 12.4. The maximum Gasteiger partial charge on any atom is 0.253 e. The number of hydrogen-bond donors (Lipinski definition) is 3. The van der Waals surface area contributed by atoms with Crippen LogP contribution in [0.1, 0.15) is 42.1 Å². The molecule has 1 aliphatic carbocycles. The Morgan fingerprint density at radius 3 is 2.67 bits per heavy atom. The molecule has 0 heterocycles. The summed E-state index contributed by atoms with van der Waals surface area (Å²) in [6, 6.07) is 16.5. The minimum Gasteiger partial charge on any atom is -0.399 e. The maximum absolute atomic E-state index is 12.4. The van der Waals surface area contributed by atoms with Crippen LogP contribution in [-0.4, -0.2) is 18.0 Å². The Hall–Kier alpha value is -2.49. The lowest BCUT2D eigenvalue weighted by molar-refractivity contribution is 0.0952. The Morgan fingerprint density at radius 1 is 1.21 bits per heavy atom. The SMILES string of the molecule is C[C@H](CCc1ccccc1)Nc1ccc(N)cc1C(=O)NC1CC1. The molecule has 24 heavy (non-hydrogen) atoms. The van der Waals surface area contributed by atoms with Gasteiger partial charge in [0.25, 0.3) is 5.91 Å². The Bertz CT molecular complexity index is 695. The number of carbonyl (C=O) groups is 1. The van der Waals surface area contributed by atoms with Crippen LogP contribution in [0.2, 0.25) is 0 Å². The number of nitrogen functional groups attached to an aromatic ring is 1. The molecule has 0 aliphatic heterocycles. The highest BCUT2D eigenvalue weighted by molar-refractivity contribution is 6.00. The van der Waals surface area contributed by atoms with Crippen molar-refractivity contribution in [2.45, 2.75) is 44.7 Å². The Labute approximate surface area is 143 Å². The Balaban J connectivity index is 1.63. The van der Waals surface area contributed by atoms with E-state index in [4.69, 9.17) is 5.73 Å². The average molecular weight is 323 g/mol. The molecule has 1 aliphatic rings. The number of anilines is 2. The molecule has 1 fully saturated rings. The molecule has 1 saturated carbocycles. The number of amides is 1. The van der Waals surface area contributed by atoms with Crippen molar-refractivity contribution in [3.8, 4) is 0 Å². The van der Waals surface area contributed by atoms with E-state index in [1.165, 1.54) is 5.56 Å². The van der Waals surface area contributed by atoms with Gasteiger partial charge in [0.15, 0.2) is 0 Å². The van der Waals surface area contributed by atoms with Crippen molar-refractivity contribution >= 4 is 17.3 Å². The zero-order chi connectivity index (χ0) is 16.9. The van der Waals surface area contributed by atoms with E-state index in [1.807, 2.05) is 18.2 Å². The number of rotatable bonds is 7. The first-order valence-electron chi connectivity index (χ1n) is 8.62. The number of aryl methyl sites for hydroxylation is 1. The second kappa shape index (κ2) is 7.39. The highest BCUT2D eigenvalue weighted by atomic mass is 16.1. The minimum absolute atomic E-state index is 0.0393. The Morgan fingerprint density at radius 2 is 1.96 bits per heavy atom. The normalized spacial score (nSPS) is 14.9. The van der Waals surface area contributed by atoms with E-state index in [2.05, 4.69) is 41.8 Å². The lowest BCUT2D eigenvalue weighted by Gasteiger charge is -2.18. The predicted octanol–water partition coefficient (Wildman–Crippen LogP) is 3.59.